The first-order valence-corrected chi connectivity index (χ1v) is 8.83. The molecule has 0 bridgehead atoms. The van der Waals surface area contributed by atoms with E-state index in [1.54, 1.807) is 13.3 Å². The van der Waals surface area contributed by atoms with E-state index in [4.69, 9.17) is 4.74 Å². The van der Waals surface area contributed by atoms with Gasteiger partial charge >= 0.3 is 0 Å². The third-order valence-corrected chi connectivity index (χ3v) is 4.90. The molecule has 1 saturated heterocycles. The molecule has 1 atom stereocenters. The van der Waals surface area contributed by atoms with Gasteiger partial charge in [0.2, 0.25) is 0 Å². The maximum absolute atomic E-state index is 12.8. The van der Waals surface area contributed by atoms with Crippen molar-refractivity contribution < 1.29 is 9.53 Å². The van der Waals surface area contributed by atoms with E-state index in [0.29, 0.717) is 19.1 Å². The van der Waals surface area contributed by atoms with Gasteiger partial charge in [-0.3, -0.25) is 9.78 Å². The summed E-state index contributed by atoms with van der Waals surface area (Å²) < 4.78 is 5.11. The number of carbonyl (C=O) groups excluding carboxylic acids is 1. The highest BCUT2D eigenvalue weighted by atomic mass is 16.5. The van der Waals surface area contributed by atoms with Crippen LogP contribution in [0, 0.1) is 6.92 Å². The number of nitrogens with zero attached hydrogens (tertiary/aromatic N) is 3. The number of aryl methyl sites for hydroxylation is 1. The number of benzene rings is 1. The predicted molar refractivity (Wildman–Crippen MR) is 99.0 cm³/mol. The molecule has 26 heavy (non-hydrogen) atoms. The predicted octanol–water partition coefficient (Wildman–Crippen LogP) is 3.04. The number of aromatic nitrogens is 3. The third kappa shape index (κ3) is 3.20. The second kappa shape index (κ2) is 6.88. The van der Waals surface area contributed by atoms with Gasteiger partial charge in [0.25, 0.3) is 5.91 Å². The van der Waals surface area contributed by atoms with Crippen LogP contribution in [0.15, 0.2) is 36.5 Å². The normalized spacial score (nSPS) is 17.2. The standard InChI is InChI=1S/C20H22N4O2/c1-13-10-21-18-9-17(23-19(18)22-13)16-7-8-24(11-16)20(25)15-5-3-14(4-6-15)12-26-2/h3-6,9-10,16H,7-8,11-12H2,1-2H3,(H,22,23)/t16-/m0/s1. The minimum Gasteiger partial charge on any atom is -0.380 e. The van der Waals surface area contributed by atoms with E-state index >= 15 is 0 Å². The number of hydrogen-bond donors (Lipinski definition) is 1. The van der Waals surface area contributed by atoms with Crippen LogP contribution in [0.4, 0.5) is 0 Å². The Morgan fingerprint density at radius 1 is 1.35 bits per heavy atom. The van der Waals surface area contributed by atoms with Crippen LogP contribution >= 0.6 is 0 Å². The number of H-pyrrole nitrogens is 1. The second-order valence-corrected chi connectivity index (χ2v) is 6.84. The molecule has 0 aliphatic carbocycles. The minimum absolute atomic E-state index is 0.0830. The number of nitrogens with one attached hydrogen (secondary N) is 1. The Balaban J connectivity index is 1.47. The van der Waals surface area contributed by atoms with E-state index in [1.165, 1.54) is 0 Å². The average Bonchev–Trinajstić information content (AvgIpc) is 3.28. The van der Waals surface area contributed by atoms with Crippen molar-refractivity contribution in [1.82, 2.24) is 19.9 Å². The summed E-state index contributed by atoms with van der Waals surface area (Å²) in [6, 6.07) is 9.70. The van der Waals surface area contributed by atoms with Crippen molar-refractivity contribution in [2.45, 2.75) is 25.9 Å². The fourth-order valence-electron chi connectivity index (χ4n) is 3.52. The van der Waals surface area contributed by atoms with E-state index in [9.17, 15) is 4.79 Å². The van der Waals surface area contributed by atoms with Gasteiger partial charge in [-0.05, 0) is 37.1 Å². The molecule has 1 aromatic carbocycles. The van der Waals surface area contributed by atoms with Crippen LogP contribution in [0.2, 0.25) is 0 Å². The molecule has 0 unspecified atom stereocenters. The first kappa shape index (κ1) is 16.7. The largest absolute Gasteiger partial charge is 0.380 e. The number of methoxy groups -OCH3 is 1. The molecule has 6 heteroatoms. The van der Waals surface area contributed by atoms with E-state index in [-0.39, 0.29) is 5.91 Å². The number of rotatable bonds is 4. The molecule has 0 radical (unpaired) electrons. The quantitative estimate of drug-likeness (QED) is 0.785. The van der Waals surface area contributed by atoms with Gasteiger partial charge in [0.1, 0.15) is 5.52 Å². The molecule has 1 fully saturated rings. The van der Waals surface area contributed by atoms with E-state index in [0.717, 1.165) is 46.6 Å². The van der Waals surface area contributed by atoms with Crippen molar-refractivity contribution in [3.8, 4) is 0 Å². The molecule has 1 N–H and O–H groups in total. The van der Waals surface area contributed by atoms with Crippen LogP contribution in [0.3, 0.4) is 0 Å². The van der Waals surface area contributed by atoms with Crippen LogP contribution in [0.25, 0.3) is 11.2 Å². The van der Waals surface area contributed by atoms with Crippen molar-refractivity contribution in [2.24, 2.45) is 0 Å². The Morgan fingerprint density at radius 2 is 2.15 bits per heavy atom. The monoisotopic (exact) mass is 350 g/mol. The summed E-state index contributed by atoms with van der Waals surface area (Å²) in [6.07, 6.45) is 2.72. The van der Waals surface area contributed by atoms with E-state index in [2.05, 4.69) is 21.0 Å². The molecule has 1 aliphatic heterocycles. The molecular weight excluding hydrogens is 328 g/mol. The zero-order chi connectivity index (χ0) is 18.1. The fourth-order valence-corrected chi connectivity index (χ4v) is 3.52. The van der Waals surface area contributed by atoms with Gasteiger partial charge in [0.05, 0.1) is 12.3 Å². The molecule has 3 aromatic rings. The van der Waals surface area contributed by atoms with Crippen LogP contribution in [-0.4, -0.2) is 46.0 Å². The van der Waals surface area contributed by atoms with Gasteiger partial charge in [-0.1, -0.05) is 12.1 Å². The smallest absolute Gasteiger partial charge is 0.253 e. The molecule has 1 aliphatic rings. The van der Waals surface area contributed by atoms with Crippen molar-refractivity contribution >= 4 is 17.1 Å². The molecule has 0 saturated carbocycles. The Labute approximate surface area is 152 Å². The number of carbonyl (C=O) groups is 1. The molecule has 3 heterocycles. The van der Waals surface area contributed by atoms with Crippen LogP contribution in [-0.2, 0) is 11.3 Å². The summed E-state index contributed by atoms with van der Waals surface area (Å²) in [7, 11) is 1.67. The molecule has 1 amide bonds. The summed E-state index contributed by atoms with van der Waals surface area (Å²) in [5, 5.41) is 0. The summed E-state index contributed by atoms with van der Waals surface area (Å²) in [5.41, 5.74) is 5.49. The summed E-state index contributed by atoms with van der Waals surface area (Å²) >= 11 is 0. The van der Waals surface area contributed by atoms with Crippen molar-refractivity contribution in [3.63, 3.8) is 0 Å². The third-order valence-electron chi connectivity index (χ3n) is 4.90. The number of hydrogen-bond acceptors (Lipinski definition) is 4. The van der Waals surface area contributed by atoms with Gasteiger partial charge in [0.15, 0.2) is 5.65 Å². The number of ether oxygens (including phenoxy) is 1. The first-order chi connectivity index (χ1) is 12.6. The molecule has 6 nitrogen and oxygen atoms in total. The van der Waals surface area contributed by atoms with Gasteiger partial charge < -0.3 is 14.6 Å². The second-order valence-electron chi connectivity index (χ2n) is 6.84. The van der Waals surface area contributed by atoms with Crippen molar-refractivity contribution in [1.29, 1.82) is 0 Å². The lowest BCUT2D eigenvalue weighted by Crippen LogP contribution is -2.28. The molecule has 134 valence electrons. The number of fused-ring (bicyclic) bond motifs is 1. The lowest BCUT2D eigenvalue weighted by molar-refractivity contribution is 0.0790. The highest BCUT2D eigenvalue weighted by molar-refractivity contribution is 5.94. The maximum Gasteiger partial charge on any atom is 0.253 e. The highest BCUT2D eigenvalue weighted by Gasteiger charge is 2.29. The number of likely N-dealkylation sites (tertiary alicyclic amines) is 1. The van der Waals surface area contributed by atoms with Crippen molar-refractivity contribution in [3.05, 3.63) is 59.0 Å². The minimum atomic E-state index is 0.0830. The van der Waals surface area contributed by atoms with Crippen LogP contribution < -0.4 is 0 Å². The fraction of sp³-hybridized carbons (Fsp3) is 0.350. The lowest BCUT2D eigenvalue weighted by Gasteiger charge is -2.16. The highest BCUT2D eigenvalue weighted by Crippen LogP contribution is 2.29. The topological polar surface area (TPSA) is 71.1 Å². The van der Waals surface area contributed by atoms with Crippen LogP contribution in [0.1, 0.15) is 39.6 Å². The SMILES string of the molecule is COCc1ccc(C(=O)N2CC[C@H](c3cc4ncc(C)nc4[nH]3)C2)cc1. The Bertz CT molecular complexity index is 933. The van der Waals surface area contributed by atoms with E-state index in [1.807, 2.05) is 36.1 Å². The number of amides is 1. The lowest BCUT2D eigenvalue weighted by atomic mass is 10.1. The summed E-state index contributed by atoms with van der Waals surface area (Å²) in [6.45, 7) is 3.96. The Morgan fingerprint density at radius 3 is 2.92 bits per heavy atom. The summed E-state index contributed by atoms with van der Waals surface area (Å²) in [5.74, 6) is 0.377. The maximum atomic E-state index is 12.8. The average molecular weight is 350 g/mol. The Kier molecular flexibility index (Phi) is 4.42. The molecule has 4 rings (SSSR count). The zero-order valence-electron chi connectivity index (χ0n) is 15.0. The van der Waals surface area contributed by atoms with E-state index < -0.39 is 0 Å². The summed E-state index contributed by atoms with van der Waals surface area (Å²) in [4.78, 5) is 27.0. The van der Waals surface area contributed by atoms with Gasteiger partial charge in [-0.25, -0.2) is 4.98 Å². The van der Waals surface area contributed by atoms with Gasteiger partial charge in [0, 0.05) is 43.6 Å². The molecule has 2 aromatic heterocycles. The first-order valence-electron chi connectivity index (χ1n) is 8.83. The van der Waals surface area contributed by atoms with Gasteiger partial charge in [-0.2, -0.15) is 0 Å². The van der Waals surface area contributed by atoms with Crippen LogP contribution in [0.5, 0.6) is 0 Å². The Hall–Kier alpha value is -2.73. The zero-order valence-corrected chi connectivity index (χ0v) is 15.0. The van der Waals surface area contributed by atoms with Crippen molar-refractivity contribution in [2.75, 3.05) is 20.2 Å². The van der Waals surface area contributed by atoms with Gasteiger partial charge in [-0.15, -0.1) is 0 Å². The number of aromatic amines is 1. The molecular formula is C20H22N4O2. The molecule has 0 spiro atoms.